The lowest BCUT2D eigenvalue weighted by atomic mass is 10.3. The van der Waals surface area contributed by atoms with Gasteiger partial charge in [-0.2, -0.15) is 0 Å². The number of aliphatic hydroxyl groups is 2. The topological polar surface area (TPSA) is 99.5 Å². The van der Waals surface area contributed by atoms with E-state index < -0.39 is 15.9 Å². The molecule has 1 aromatic heterocycles. The summed E-state index contributed by atoms with van der Waals surface area (Å²) in [6.07, 6.45) is 0.623. The van der Waals surface area contributed by atoms with Crippen molar-refractivity contribution in [2.24, 2.45) is 0 Å². The normalized spacial score (nSPS) is 13.4. The molecular weight excluding hydrogens is 324 g/mol. The Morgan fingerprint density at radius 1 is 1.41 bits per heavy atom. The molecular formula is C14H20N2O4S2. The fraction of sp³-hybridized carbons (Fsp3) is 0.500. The quantitative estimate of drug-likeness (QED) is 0.673. The Kier molecular flexibility index (Phi) is 5.74. The van der Waals surface area contributed by atoms with Crippen LogP contribution in [0.3, 0.4) is 0 Å². The highest BCUT2D eigenvalue weighted by Gasteiger charge is 2.19. The predicted molar refractivity (Wildman–Crippen MR) is 88.2 cm³/mol. The number of nitrogens with one attached hydrogen (secondary N) is 1. The molecule has 0 aliphatic carbocycles. The first-order valence-electron chi connectivity index (χ1n) is 7.12. The molecule has 0 aliphatic rings. The molecule has 8 heteroatoms. The highest BCUT2D eigenvalue weighted by molar-refractivity contribution is 7.93. The van der Waals surface area contributed by atoms with Crippen LogP contribution in [0.15, 0.2) is 22.5 Å². The molecule has 122 valence electrons. The van der Waals surface area contributed by atoms with E-state index in [0.717, 1.165) is 28.1 Å². The maximum absolute atomic E-state index is 12.2. The standard InChI is InChI=1S/C14H20N2O4S2/c1-2-3-6-22(19,20)14-16-12-5-4-10(7-13(12)21-14)15-8-11(18)9-17/h4-5,7,11,15,17-18H,2-3,6,8-9H2,1H3. The molecule has 1 aromatic carbocycles. The molecule has 6 nitrogen and oxygen atoms in total. The van der Waals surface area contributed by atoms with Crippen LogP contribution >= 0.6 is 11.3 Å². The van der Waals surface area contributed by atoms with E-state index in [-0.39, 0.29) is 23.2 Å². The van der Waals surface area contributed by atoms with E-state index in [1.807, 2.05) is 6.92 Å². The number of unbranched alkanes of at least 4 members (excludes halogenated alkanes) is 1. The lowest BCUT2D eigenvalue weighted by Gasteiger charge is -2.09. The van der Waals surface area contributed by atoms with Gasteiger partial charge in [-0.3, -0.25) is 0 Å². The predicted octanol–water partition coefficient (Wildman–Crippen LogP) is 1.64. The van der Waals surface area contributed by atoms with Crippen molar-refractivity contribution in [3.8, 4) is 0 Å². The van der Waals surface area contributed by atoms with Crippen LogP contribution in [-0.2, 0) is 9.84 Å². The molecule has 0 radical (unpaired) electrons. The van der Waals surface area contributed by atoms with Crippen molar-refractivity contribution in [1.29, 1.82) is 0 Å². The minimum absolute atomic E-state index is 0.122. The maximum atomic E-state index is 12.2. The van der Waals surface area contributed by atoms with Gasteiger partial charge in [0.05, 0.1) is 28.7 Å². The van der Waals surface area contributed by atoms with Crippen molar-refractivity contribution in [2.75, 3.05) is 24.2 Å². The number of sulfone groups is 1. The Balaban J connectivity index is 2.20. The van der Waals surface area contributed by atoms with Crippen molar-refractivity contribution < 1.29 is 18.6 Å². The average molecular weight is 344 g/mol. The monoisotopic (exact) mass is 344 g/mol. The van der Waals surface area contributed by atoms with E-state index in [1.54, 1.807) is 18.2 Å². The summed E-state index contributed by atoms with van der Waals surface area (Å²) >= 11 is 1.16. The fourth-order valence-corrected chi connectivity index (χ4v) is 4.71. The first-order chi connectivity index (χ1) is 10.5. The number of aliphatic hydroxyl groups excluding tert-OH is 2. The summed E-state index contributed by atoms with van der Waals surface area (Å²) in [6.45, 7) is 1.87. The highest BCUT2D eigenvalue weighted by atomic mass is 32.2. The van der Waals surface area contributed by atoms with Crippen LogP contribution in [0.1, 0.15) is 19.8 Å². The number of aromatic nitrogens is 1. The lowest BCUT2D eigenvalue weighted by molar-refractivity contribution is 0.105. The van der Waals surface area contributed by atoms with E-state index >= 15 is 0 Å². The Labute approximate surface area is 133 Å². The Morgan fingerprint density at radius 3 is 2.86 bits per heavy atom. The van der Waals surface area contributed by atoms with Gasteiger partial charge < -0.3 is 15.5 Å². The molecule has 0 spiro atoms. The summed E-state index contributed by atoms with van der Waals surface area (Å²) in [5, 5.41) is 21.1. The number of benzene rings is 1. The van der Waals surface area contributed by atoms with Crippen LogP contribution in [0.25, 0.3) is 10.2 Å². The molecule has 0 saturated heterocycles. The highest BCUT2D eigenvalue weighted by Crippen LogP contribution is 2.28. The number of nitrogens with zero attached hydrogens (tertiary/aromatic N) is 1. The second-order valence-electron chi connectivity index (χ2n) is 5.05. The molecule has 2 rings (SSSR count). The summed E-state index contributed by atoms with van der Waals surface area (Å²) in [5.74, 6) is 0.122. The van der Waals surface area contributed by atoms with Crippen LogP contribution in [0.2, 0.25) is 0 Å². The van der Waals surface area contributed by atoms with Gasteiger partial charge in [-0.05, 0) is 24.6 Å². The number of thiazole rings is 1. The van der Waals surface area contributed by atoms with Gasteiger partial charge in [-0.1, -0.05) is 13.3 Å². The van der Waals surface area contributed by atoms with Gasteiger partial charge >= 0.3 is 0 Å². The summed E-state index contributed by atoms with van der Waals surface area (Å²) in [6, 6.07) is 5.32. The largest absolute Gasteiger partial charge is 0.394 e. The van der Waals surface area contributed by atoms with Crippen LogP contribution in [-0.4, -0.2) is 48.6 Å². The number of hydrogen-bond acceptors (Lipinski definition) is 7. The van der Waals surface area contributed by atoms with E-state index in [9.17, 15) is 13.5 Å². The maximum Gasteiger partial charge on any atom is 0.210 e. The van der Waals surface area contributed by atoms with Gasteiger partial charge in [0.25, 0.3) is 0 Å². The van der Waals surface area contributed by atoms with Crippen molar-refractivity contribution in [3.63, 3.8) is 0 Å². The molecule has 22 heavy (non-hydrogen) atoms. The minimum atomic E-state index is -3.31. The van der Waals surface area contributed by atoms with Gasteiger partial charge in [0.15, 0.2) is 0 Å². The van der Waals surface area contributed by atoms with Crippen LogP contribution in [0.5, 0.6) is 0 Å². The zero-order valence-corrected chi connectivity index (χ0v) is 14.0. The summed E-state index contributed by atoms with van der Waals surface area (Å²) < 4.78 is 25.3. The van der Waals surface area contributed by atoms with E-state index in [0.29, 0.717) is 11.9 Å². The van der Waals surface area contributed by atoms with Crippen molar-refractivity contribution >= 4 is 37.1 Å². The zero-order chi connectivity index (χ0) is 16.2. The Bertz CT molecular complexity index is 728. The second kappa shape index (κ2) is 7.36. The minimum Gasteiger partial charge on any atom is -0.394 e. The molecule has 1 heterocycles. The first-order valence-corrected chi connectivity index (χ1v) is 9.59. The van der Waals surface area contributed by atoms with Gasteiger partial charge in [0, 0.05) is 12.2 Å². The van der Waals surface area contributed by atoms with E-state index in [1.165, 1.54) is 0 Å². The summed E-state index contributed by atoms with van der Waals surface area (Å²) in [5.41, 5.74) is 1.40. The number of rotatable bonds is 8. The first kappa shape index (κ1) is 17.1. The van der Waals surface area contributed by atoms with Crippen LogP contribution in [0, 0.1) is 0 Å². The molecule has 0 saturated carbocycles. The number of hydrogen-bond donors (Lipinski definition) is 3. The molecule has 0 fully saturated rings. The summed E-state index contributed by atoms with van der Waals surface area (Å²) in [4.78, 5) is 4.20. The third kappa shape index (κ3) is 4.16. The van der Waals surface area contributed by atoms with Gasteiger partial charge in [-0.25, -0.2) is 13.4 Å². The molecule has 0 bridgehead atoms. The van der Waals surface area contributed by atoms with Gasteiger partial charge in [0.2, 0.25) is 14.2 Å². The van der Waals surface area contributed by atoms with Gasteiger partial charge in [-0.15, -0.1) is 11.3 Å². The molecule has 0 aliphatic heterocycles. The smallest absolute Gasteiger partial charge is 0.210 e. The number of fused-ring (bicyclic) bond motifs is 1. The van der Waals surface area contributed by atoms with Crippen LogP contribution in [0.4, 0.5) is 5.69 Å². The van der Waals surface area contributed by atoms with Crippen LogP contribution < -0.4 is 5.32 Å². The van der Waals surface area contributed by atoms with Crippen molar-refractivity contribution in [1.82, 2.24) is 4.98 Å². The van der Waals surface area contributed by atoms with Crippen molar-refractivity contribution in [2.45, 2.75) is 30.2 Å². The number of anilines is 1. The van der Waals surface area contributed by atoms with E-state index in [2.05, 4.69) is 10.3 Å². The molecule has 0 amide bonds. The third-order valence-corrected chi connectivity index (χ3v) is 6.43. The second-order valence-corrected chi connectivity index (χ2v) is 8.37. The van der Waals surface area contributed by atoms with Gasteiger partial charge in [0.1, 0.15) is 0 Å². The Hall–Kier alpha value is -1.22. The average Bonchev–Trinajstić information content (AvgIpc) is 2.94. The van der Waals surface area contributed by atoms with E-state index in [4.69, 9.17) is 5.11 Å². The zero-order valence-electron chi connectivity index (χ0n) is 12.3. The molecule has 3 N–H and O–H groups in total. The SMILES string of the molecule is CCCCS(=O)(=O)c1nc2ccc(NCC(O)CO)cc2s1. The molecule has 2 aromatic rings. The lowest BCUT2D eigenvalue weighted by Crippen LogP contribution is -2.22. The third-order valence-electron chi connectivity index (χ3n) is 3.15. The molecule has 1 atom stereocenters. The Morgan fingerprint density at radius 2 is 2.18 bits per heavy atom. The summed E-state index contributed by atoms with van der Waals surface area (Å²) in [7, 11) is -3.31. The molecule has 1 unspecified atom stereocenters. The fourth-order valence-electron chi connectivity index (χ4n) is 1.87. The van der Waals surface area contributed by atoms with Crippen molar-refractivity contribution in [3.05, 3.63) is 18.2 Å².